The Bertz CT molecular complexity index is 777. The summed E-state index contributed by atoms with van der Waals surface area (Å²) in [5.41, 5.74) is 1.47. The zero-order valence-electron chi connectivity index (χ0n) is 13.9. The van der Waals surface area contributed by atoms with Gasteiger partial charge in [-0.3, -0.25) is 0 Å². The molecule has 2 aromatic carbocycles. The van der Waals surface area contributed by atoms with Crippen molar-refractivity contribution in [1.82, 2.24) is 5.32 Å². The van der Waals surface area contributed by atoms with Gasteiger partial charge in [0.1, 0.15) is 12.7 Å². The molecule has 2 rings (SSSR count). The van der Waals surface area contributed by atoms with Gasteiger partial charge in [-0.2, -0.15) is 5.26 Å². The summed E-state index contributed by atoms with van der Waals surface area (Å²) in [5, 5.41) is 32.0. The van der Waals surface area contributed by atoms with Crippen molar-refractivity contribution in [2.75, 3.05) is 6.54 Å². The van der Waals surface area contributed by atoms with Crippen molar-refractivity contribution in [2.24, 2.45) is 0 Å². The smallest absolute Gasteiger partial charge is 0.407 e. The Hall–Kier alpha value is -2.59. The molecule has 0 saturated heterocycles. The minimum Gasteiger partial charge on any atom is -0.445 e. The molecule has 2 atom stereocenters. The lowest BCUT2D eigenvalue weighted by Gasteiger charge is -2.19. The van der Waals surface area contributed by atoms with E-state index >= 15 is 0 Å². The molecule has 0 aliphatic carbocycles. The number of aliphatic hydroxyl groups excluding tert-OH is 2. The van der Waals surface area contributed by atoms with E-state index in [-0.39, 0.29) is 30.2 Å². The fourth-order valence-corrected chi connectivity index (χ4v) is 2.53. The number of amides is 1. The number of hydrogen-bond acceptors (Lipinski definition) is 5. The number of benzene rings is 2. The number of alkyl carbamates (subject to hydrolysis) is 1. The molecule has 3 N–H and O–H groups in total. The fourth-order valence-electron chi connectivity index (χ4n) is 2.30. The zero-order chi connectivity index (χ0) is 18.9. The van der Waals surface area contributed by atoms with Gasteiger partial charge in [-0.15, -0.1) is 0 Å². The number of carbonyl (C=O) groups excluding carboxylic acids is 1. The number of nitrogens with one attached hydrogen (secondary N) is 1. The van der Waals surface area contributed by atoms with Crippen molar-refractivity contribution in [3.05, 3.63) is 70.2 Å². The van der Waals surface area contributed by atoms with Gasteiger partial charge in [0.15, 0.2) is 0 Å². The summed E-state index contributed by atoms with van der Waals surface area (Å²) in [6.45, 7) is 0.260. The Morgan fingerprint density at radius 2 is 1.96 bits per heavy atom. The Morgan fingerprint density at radius 1 is 1.23 bits per heavy atom. The van der Waals surface area contributed by atoms with Gasteiger partial charge >= 0.3 is 6.09 Å². The van der Waals surface area contributed by atoms with E-state index in [1.807, 2.05) is 36.4 Å². The predicted molar refractivity (Wildman–Crippen MR) is 96.4 cm³/mol. The van der Waals surface area contributed by atoms with Crippen LogP contribution < -0.4 is 5.32 Å². The second kappa shape index (κ2) is 9.78. The van der Waals surface area contributed by atoms with Crippen LogP contribution >= 0.6 is 11.6 Å². The number of carbonyl (C=O) groups is 1. The van der Waals surface area contributed by atoms with Gasteiger partial charge in [-0.25, -0.2) is 4.79 Å². The van der Waals surface area contributed by atoms with E-state index in [0.29, 0.717) is 5.56 Å². The highest BCUT2D eigenvalue weighted by atomic mass is 35.5. The van der Waals surface area contributed by atoms with Crippen LogP contribution in [-0.2, 0) is 11.3 Å². The predicted octanol–water partition coefficient (Wildman–Crippen LogP) is 2.92. The monoisotopic (exact) mass is 374 g/mol. The molecule has 0 heterocycles. The maximum atomic E-state index is 11.6. The third-order valence-electron chi connectivity index (χ3n) is 3.73. The van der Waals surface area contributed by atoms with E-state index in [2.05, 4.69) is 5.32 Å². The molecule has 0 saturated carbocycles. The molecular weight excluding hydrogens is 356 g/mol. The van der Waals surface area contributed by atoms with Gasteiger partial charge in [0, 0.05) is 17.1 Å². The summed E-state index contributed by atoms with van der Waals surface area (Å²) >= 11 is 6.01. The van der Waals surface area contributed by atoms with Crippen LogP contribution in [0.1, 0.15) is 29.2 Å². The molecule has 0 aliphatic rings. The largest absolute Gasteiger partial charge is 0.445 e. The Morgan fingerprint density at radius 3 is 2.65 bits per heavy atom. The van der Waals surface area contributed by atoms with E-state index in [4.69, 9.17) is 21.6 Å². The average Bonchev–Trinajstić information content (AvgIpc) is 2.67. The van der Waals surface area contributed by atoms with E-state index in [9.17, 15) is 15.0 Å². The molecule has 2 unspecified atom stereocenters. The number of ether oxygens (including phenoxy) is 1. The molecule has 26 heavy (non-hydrogen) atoms. The molecule has 0 aromatic heterocycles. The second-order valence-corrected chi connectivity index (χ2v) is 6.04. The number of nitrogens with zero attached hydrogens (tertiary/aromatic N) is 1. The maximum absolute atomic E-state index is 11.6. The van der Waals surface area contributed by atoms with Crippen LogP contribution in [0.25, 0.3) is 0 Å². The van der Waals surface area contributed by atoms with Gasteiger partial charge in [0.2, 0.25) is 0 Å². The molecular formula is C19H19ClN2O4. The van der Waals surface area contributed by atoms with Crippen molar-refractivity contribution >= 4 is 17.7 Å². The lowest BCUT2D eigenvalue weighted by atomic mass is 10.0. The standard InChI is InChI=1S/C19H19ClN2O4/c20-16-7-6-14(11-21)10-15(16)18(24)17(23)8-9-22-19(25)26-12-13-4-2-1-3-5-13/h1-7,10,17-18,23-24H,8-9,12H2,(H,22,25). The average molecular weight is 375 g/mol. The van der Waals surface area contributed by atoms with Gasteiger partial charge in [-0.05, 0) is 30.2 Å². The second-order valence-electron chi connectivity index (χ2n) is 5.64. The highest BCUT2D eigenvalue weighted by Crippen LogP contribution is 2.27. The third-order valence-corrected chi connectivity index (χ3v) is 4.07. The van der Waals surface area contributed by atoms with Gasteiger partial charge in [0.05, 0.1) is 17.7 Å². The Kier molecular flexibility index (Phi) is 7.42. The normalized spacial score (nSPS) is 12.7. The zero-order valence-corrected chi connectivity index (χ0v) is 14.7. The molecule has 2 aromatic rings. The van der Waals surface area contributed by atoms with Crippen LogP contribution in [0.5, 0.6) is 0 Å². The summed E-state index contributed by atoms with van der Waals surface area (Å²) in [7, 11) is 0. The van der Waals surface area contributed by atoms with Crippen LogP contribution in [0, 0.1) is 11.3 Å². The number of halogens is 1. The summed E-state index contributed by atoms with van der Waals surface area (Å²) in [6, 6.07) is 15.6. The van der Waals surface area contributed by atoms with Gasteiger partial charge < -0.3 is 20.3 Å². The first-order chi connectivity index (χ1) is 12.5. The number of aliphatic hydroxyl groups is 2. The van der Waals surface area contributed by atoms with Crippen LogP contribution in [0.2, 0.25) is 5.02 Å². The molecule has 1 amide bonds. The lowest BCUT2D eigenvalue weighted by molar-refractivity contribution is 0.0137. The molecule has 0 radical (unpaired) electrons. The number of hydrogen-bond donors (Lipinski definition) is 3. The molecule has 0 bridgehead atoms. The first-order valence-corrected chi connectivity index (χ1v) is 8.39. The van der Waals surface area contributed by atoms with Crippen molar-refractivity contribution < 1.29 is 19.7 Å². The minimum atomic E-state index is -1.27. The van der Waals surface area contributed by atoms with Crippen molar-refractivity contribution in [3.63, 3.8) is 0 Å². The number of nitriles is 1. The minimum absolute atomic E-state index is 0.0920. The Balaban J connectivity index is 1.78. The summed E-state index contributed by atoms with van der Waals surface area (Å²) in [4.78, 5) is 11.6. The van der Waals surface area contributed by atoms with Crippen molar-refractivity contribution in [1.29, 1.82) is 5.26 Å². The van der Waals surface area contributed by atoms with Crippen LogP contribution in [0.15, 0.2) is 48.5 Å². The van der Waals surface area contributed by atoms with E-state index < -0.39 is 18.3 Å². The molecule has 0 aliphatic heterocycles. The van der Waals surface area contributed by atoms with Crippen molar-refractivity contribution in [2.45, 2.75) is 25.2 Å². The molecule has 136 valence electrons. The third kappa shape index (κ3) is 5.74. The fraction of sp³-hybridized carbons (Fsp3) is 0.263. The molecule has 6 nitrogen and oxygen atoms in total. The first kappa shape index (κ1) is 19.7. The first-order valence-electron chi connectivity index (χ1n) is 8.01. The summed E-state index contributed by atoms with van der Waals surface area (Å²) in [6.07, 6.45) is -2.94. The van der Waals surface area contributed by atoms with Gasteiger partial charge in [-0.1, -0.05) is 41.9 Å². The maximum Gasteiger partial charge on any atom is 0.407 e. The molecule has 0 fully saturated rings. The SMILES string of the molecule is N#Cc1ccc(Cl)c(C(O)C(O)CCNC(=O)OCc2ccccc2)c1. The van der Waals surface area contributed by atoms with E-state index in [1.165, 1.54) is 18.2 Å². The highest BCUT2D eigenvalue weighted by molar-refractivity contribution is 6.31. The molecule has 7 heteroatoms. The highest BCUT2D eigenvalue weighted by Gasteiger charge is 2.21. The van der Waals surface area contributed by atoms with Crippen molar-refractivity contribution in [3.8, 4) is 6.07 Å². The van der Waals surface area contributed by atoms with Crippen LogP contribution in [0.4, 0.5) is 4.79 Å². The van der Waals surface area contributed by atoms with E-state index in [1.54, 1.807) is 0 Å². The lowest BCUT2D eigenvalue weighted by Crippen LogP contribution is -2.29. The summed E-state index contributed by atoms with van der Waals surface area (Å²) < 4.78 is 5.05. The Labute approximate surface area is 156 Å². The van der Waals surface area contributed by atoms with E-state index in [0.717, 1.165) is 5.56 Å². The summed E-state index contributed by atoms with van der Waals surface area (Å²) in [5.74, 6) is 0. The number of rotatable bonds is 7. The molecule has 0 spiro atoms. The van der Waals surface area contributed by atoms with Crippen LogP contribution in [-0.4, -0.2) is 29.0 Å². The van der Waals surface area contributed by atoms with Gasteiger partial charge in [0.25, 0.3) is 0 Å². The quantitative estimate of drug-likeness (QED) is 0.691. The topological polar surface area (TPSA) is 103 Å². The van der Waals surface area contributed by atoms with Crippen LogP contribution in [0.3, 0.4) is 0 Å².